The standard InChI is InChI=1S/C17H35NOSi/c1-9-18(14-19-12-13-20(6,7)8)17(5)11-10-16(4)15(2)3/h9,11,15-16H,1,10,12-14H2,2-8H3/b17-11+. The fourth-order valence-corrected chi connectivity index (χ4v) is 2.34. The number of hydrogen-bond donors (Lipinski definition) is 0. The van der Waals surface area contributed by atoms with Crippen LogP contribution in [0.2, 0.25) is 25.7 Å². The zero-order valence-corrected chi connectivity index (χ0v) is 15.7. The van der Waals surface area contributed by atoms with Crippen molar-refractivity contribution in [3.05, 3.63) is 24.6 Å². The van der Waals surface area contributed by atoms with Gasteiger partial charge in [-0.3, -0.25) is 0 Å². The van der Waals surface area contributed by atoms with Gasteiger partial charge in [0.05, 0.1) is 0 Å². The molecular weight excluding hydrogens is 262 g/mol. The van der Waals surface area contributed by atoms with Crippen molar-refractivity contribution in [3.8, 4) is 0 Å². The van der Waals surface area contributed by atoms with E-state index in [0.717, 1.165) is 18.9 Å². The largest absolute Gasteiger partial charge is 0.361 e. The van der Waals surface area contributed by atoms with Crippen LogP contribution < -0.4 is 0 Å². The Balaban J connectivity index is 4.18. The zero-order valence-electron chi connectivity index (χ0n) is 14.7. The fourth-order valence-electron chi connectivity index (χ4n) is 1.59. The summed E-state index contributed by atoms with van der Waals surface area (Å²) in [5.74, 6) is 1.44. The molecule has 0 aliphatic rings. The first-order valence-electron chi connectivity index (χ1n) is 7.81. The van der Waals surface area contributed by atoms with Crippen LogP contribution in [0.5, 0.6) is 0 Å². The van der Waals surface area contributed by atoms with Gasteiger partial charge in [-0.1, -0.05) is 53.1 Å². The lowest BCUT2D eigenvalue weighted by atomic mass is 9.94. The van der Waals surface area contributed by atoms with E-state index in [0.29, 0.717) is 12.6 Å². The fraction of sp³-hybridized carbons (Fsp3) is 0.765. The Morgan fingerprint density at radius 3 is 2.30 bits per heavy atom. The Bertz CT molecular complexity index is 305. The van der Waals surface area contributed by atoms with E-state index < -0.39 is 8.07 Å². The molecule has 0 aromatic rings. The molecule has 0 saturated heterocycles. The summed E-state index contributed by atoms with van der Waals surface area (Å²) in [6, 6.07) is 1.21. The topological polar surface area (TPSA) is 12.5 Å². The van der Waals surface area contributed by atoms with Crippen LogP contribution in [0.1, 0.15) is 34.1 Å². The van der Waals surface area contributed by atoms with E-state index in [1.54, 1.807) is 0 Å². The van der Waals surface area contributed by atoms with Crippen molar-refractivity contribution in [2.45, 2.75) is 59.8 Å². The smallest absolute Gasteiger partial charge is 0.122 e. The molecule has 1 unspecified atom stereocenters. The maximum atomic E-state index is 5.79. The van der Waals surface area contributed by atoms with Crippen molar-refractivity contribution in [1.29, 1.82) is 0 Å². The van der Waals surface area contributed by atoms with Crippen molar-refractivity contribution in [1.82, 2.24) is 4.90 Å². The monoisotopic (exact) mass is 297 g/mol. The number of hydrogen-bond acceptors (Lipinski definition) is 2. The highest BCUT2D eigenvalue weighted by Crippen LogP contribution is 2.17. The molecule has 20 heavy (non-hydrogen) atoms. The van der Waals surface area contributed by atoms with Gasteiger partial charge in [-0.2, -0.15) is 0 Å². The predicted molar refractivity (Wildman–Crippen MR) is 93.4 cm³/mol. The second-order valence-corrected chi connectivity index (χ2v) is 12.9. The van der Waals surface area contributed by atoms with Crippen LogP contribution in [0.15, 0.2) is 24.6 Å². The molecule has 0 aliphatic heterocycles. The Kier molecular flexibility index (Phi) is 9.15. The highest BCUT2D eigenvalue weighted by Gasteiger charge is 2.12. The van der Waals surface area contributed by atoms with Crippen LogP contribution in [0.3, 0.4) is 0 Å². The van der Waals surface area contributed by atoms with Crippen LogP contribution in [0.25, 0.3) is 0 Å². The summed E-state index contributed by atoms with van der Waals surface area (Å²) in [4.78, 5) is 2.09. The third-order valence-electron chi connectivity index (χ3n) is 3.82. The van der Waals surface area contributed by atoms with E-state index >= 15 is 0 Å². The molecule has 0 aromatic heterocycles. The zero-order chi connectivity index (χ0) is 15.8. The average Bonchev–Trinajstić information content (AvgIpc) is 2.34. The molecule has 0 rings (SSSR count). The molecule has 3 heteroatoms. The molecule has 0 amide bonds. The molecule has 0 spiro atoms. The summed E-state index contributed by atoms with van der Waals surface area (Å²) >= 11 is 0. The Labute approximate surface area is 127 Å². The van der Waals surface area contributed by atoms with Gasteiger partial charge in [-0.15, -0.1) is 0 Å². The summed E-state index contributed by atoms with van der Waals surface area (Å²) in [5.41, 5.74) is 1.24. The lowest BCUT2D eigenvalue weighted by Gasteiger charge is -2.23. The first-order valence-corrected chi connectivity index (χ1v) is 11.5. The van der Waals surface area contributed by atoms with Gasteiger partial charge >= 0.3 is 0 Å². The minimum Gasteiger partial charge on any atom is -0.361 e. The Hall–Kier alpha value is -0.543. The SMILES string of the molecule is C=CN(COCC[Si](C)(C)C)/C(C)=C/CC(C)C(C)C. The van der Waals surface area contributed by atoms with Crippen LogP contribution in [-0.2, 0) is 4.74 Å². The number of allylic oxidation sites excluding steroid dienone is 2. The third kappa shape index (κ3) is 9.37. The Morgan fingerprint density at radius 2 is 1.85 bits per heavy atom. The lowest BCUT2D eigenvalue weighted by molar-refractivity contribution is 0.0784. The minimum absolute atomic E-state index is 0.617. The molecule has 0 bridgehead atoms. The molecule has 0 saturated carbocycles. The third-order valence-corrected chi connectivity index (χ3v) is 5.53. The van der Waals surface area contributed by atoms with E-state index in [4.69, 9.17) is 4.74 Å². The van der Waals surface area contributed by atoms with Crippen LogP contribution in [0.4, 0.5) is 0 Å². The molecule has 1 atom stereocenters. The minimum atomic E-state index is -0.993. The van der Waals surface area contributed by atoms with Crippen molar-refractivity contribution in [2.75, 3.05) is 13.3 Å². The Morgan fingerprint density at radius 1 is 1.25 bits per heavy atom. The van der Waals surface area contributed by atoms with Gasteiger partial charge in [-0.25, -0.2) is 0 Å². The molecule has 0 fully saturated rings. The van der Waals surface area contributed by atoms with Crippen molar-refractivity contribution in [3.63, 3.8) is 0 Å². The van der Waals surface area contributed by atoms with Gasteiger partial charge in [0.1, 0.15) is 6.73 Å². The quantitative estimate of drug-likeness (QED) is 0.307. The summed E-state index contributed by atoms with van der Waals surface area (Å²) in [6.07, 6.45) is 5.28. The molecule has 118 valence electrons. The van der Waals surface area contributed by atoms with E-state index in [1.807, 2.05) is 6.20 Å². The van der Waals surface area contributed by atoms with Crippen LogP contribution in [-0.4, -0.2) is 26.3 Å². The summed E-state index contributed by atoms with van der Waals surface area (Å²) < 4.78 is 5.79. The van der Waals surface area contributed by atoms with Crippen molar-refractivity contribution in [2.24, 2.45) is 11.8 Å². The summed E-state index contributed by atoms with van der Waals surface area (Å²) in [6.45, 7) is 21.5. The van der Waals surface area contributed by atoms with Gasteiger partial charge in [0.15, 0.2) is 0 Å². The molecule has 0 aromatic carbocycles. The molecule has 2 nitrogen and oxygen atoms in total. The van der Waals surface area contributed by atoms with Gasteiger partial charge < -0.3 is 9.64 Å². The predicted octanol–water partition coefficient (Wildman–Crippen LogP) is 5.33. The van der Waals surface area contributed by atoms with Gasteiger partial charge in [-0.05, 0) is 37.4 Å². The van der Waals surface area contributed by atoms with Crippen LogP contribution in [0, 0.1) is 11.8 Å². The number of ether oxygens (including phenoxy) is 1. The van der Waals surface area contributed by atoms with Gasteiger partial charge in [0.2, 0.25) is 0 Å². The van der Waals surface area contributed by atoms with Gasteiger partial charge in [0, 0.05) is 20.4 Å². The first-order chi connectivity index (χ1) is 9.17. The van der Waals surface area contributed by atoms with Gasteiger partial charge in [0.25, 0.3) is 0 Å². The van der Waals surface area contributed by atoms with E-state index in [2.05, 4.69) is 64.9 Å². The van der Waals surface area contributed by atoms with Crippen molar-refractivity contribution < 1.29 is 4.74 Å². The second-order valence-electron chi connectivity index (χ2n) is 7.30. The normalized spacial score (nSPS) is 14.5. The molecule has 0 radical (unpaired) electrons. The van der Waals surface area contributed by atoms with Crippen LogP contribution >= 0.6 is 0 Å². The maximum Gasteiger partial charge on any atom is 0.122 e. The molecule has 0 aliphatic carbocycles. The highest BCUT2D eigenvalue weighted by atomic mass is 28.3. The van der Waals surface area contributed by atoms with Crippen molar-refractivity contribution >= 4 is 8.07 Å². The lowest BCUT2D eigenvalue weighted by Crippen LogP contribution is -2.24. The molecule has 0 heterocycles. The number of nitrogens with zero attached hydrogens (tertiary/aromatic N) is 1. The maximum absolute atomic E-state index is 5.79. The number of rotatable bonds is 10. The molecular formula is C17H35NOSi. The summed E-state index contributed by atoms with van der Waals surface area (Å²) in [7, 11) is -0.993. The first kappa shape index (κ1) is 19.5. The average molecular weight is 298 g/mol. The highest BCUT2D eigenvalue weighted by molar-refractivity contribution is 6.76. The van der Waals surface area contributed by atoms with E-state index in [-0.39, 0.29) is 0 Å². The summed E-state index contributed by atoms with van der Waals surface area (Å²) in [5, 5.41) is 0. The van der Waals surface area contributed by atoms with E-state index in [9.17, 15) is 0 Å². The van der Waals surface area contributed by atoms with E-state index in [1.165, 1.54) is 11.7 Å². The molecule has 0 N–H and O–H groups in total. The second kappa shape index (κ2) is 9.40.